The number of nitrogens with zero attached hydrogens (tertiary/aromatic N) is 2. The highest BCUT2D eigenvalue weighted by atomic mass is 35.5. The Morgan fingerprint density at radius 2 is 1.68 bits per heavy atom. The van der Waals surface area contributed by atoms with Crippen molar-refractivity contribution in [3.05, 3.63) is 63.6 Å². The number of carbonyl (C=O) groups is 2. The summed E-state index contributed by atoms with van der Waals surface area (Å²) in [5, 5.41) is 3.93. The molecular formula is C28H37Cl2N3O4S. The van der Waals surface area contributed by atoms with Gasteiger partial charge < -0.3 is 10.2 Å². The van der Waals surface area contributed by atoms with Gasteiger partial charge in [0.15, 0.2) is 0 Å². The van der Waals surface area contributed by atoms with Crippen LogP contribution >= 0.6 is 23.2 Å². The lowest BCUT2D eigenvalue weighted by atomic mass is 9.95. The summed E-state index contributed by atoms with van der Waals surface area (Å²) < 4.78 is 26.3. The number of aryl methyl sites for hydroxylation is 1. The molecule has 0 spiro atoms. The maximum absolute atomic E-state index is 13.5. The number of benzene rings is 2. The molecule has 1 aliphatic carbocycles. The van der Waals surface area contributed by atoms with Crippen LogP contribution in [-0.2, 0) is 26.2 Å². The van der Waals surface area contributed by atoms with E-state index >= 15 is 0 Å². The maximum atomic E-state index is 13.5. The number of hydrogen-bond donors (Lipinski definition) is 1. The zero-order valence-corrected chi connectivity index (χ0v) is 24.6. The molecule has 7 nitrogen and oxygen atoms in total. The number of rotatable bonds is 11. The van der Waals surface area contributed by atoms with Gasteiger partial charge in [0.25, 0.3) is 0 Å². The fraction of sp³-hybridized carbons (Fsp3) is 0.500. The smallest absolute Gasteiger partial charge is 0.242 e. The molecule has 2 aromatic carbocycles. The molecule has 2 aromatic rings. The lowest BCUT2D eigenvalue weighted by Crippen LogP contribution is -2.50. The quantitative estimate of drug-likeness (QED) is 0.368. The Bertz CT molecular complexity index is 1210. The number of halogens is 2. The van der Waals surface area contributed by atoms with E-state index in [1.165, 1.54) is 15.6 Å². The van der Waals surface area contributed by atoms with Gasteiger partial charge in [-0.2, -0.15) is 0 Å². The Labute approximate surface area is 236 Å². The summed E-state index contributed by atoms with van der Waals surface area (Å²) in [7, 11) is -3.55. The fourth-order valence-electron chi connectivity index (χ4n) is 4.79. The van der Waals surface area contributed by atoms with E-state index in [0.29, 0.717) is 21.3 Å². The molecule has 0 aliphatic heterocycles. The first-order chi connectivity index (χ1) is 18.0. The van der Waals surface area contributed by atoms with Gasteiger partial charge in [-0.25, -0.2) is 8.42 Å². The van der Waals surface area contributed by atoms with Gasteiger partial charge in [0.1, 0.15) is 6.04 Å². The van der Waals surface area contributed by atoms with Crippen molar-refractivity contribution < 1.29 is 18.0 Å². The first-order valence-corrected chi connectivity index (χ1v) is 15.6. The largest absolute Gasteiger partial charge is 0.352 e. The molecule has 0 heterocycles. The molecule has 0 saturated heterocycles. The zero-order chi connectivity index (χ0) is 27.9. The van der Waals surface area contributed by atoms with E-state index in [1.807, 2.05) is 13.0 Å². The zero-order valence-electron chi connectivity index (χ0n) is 22.3. The first-order valence-electron chi connectivity index (χ1n) is 13.0. The summed E-state index contributed by atoms with van der Waals surface area (Å²) >= 11 is 12.8. The minimum Gasteiger partial charge on any atom is -0.352 e. The molecule has 1 aliphatic rings. The lowest BCUT2D eigenvalue weighted by Gasteiger charge is -2.32. The van der Waals surface area contributed by atoms with Crippen LogP contribution in [0.2, 0.25) is 10.0 Å². The van der Waals surface area contributed by atoms with Crippen molar-refractivity contribution in [1.29, 1.82) is 0 Å². The third-order valence-corrected chi connectivity index (χ3v) is 8.85. The van der Waals surface area contributed by atoms with Crippen LogP contribution in [-0.4, -0.2) is 50.0 Å². The minimum absolute atomic E-state index is 0.0565. The molecular weight excluding hydrogens is 545 g/mol. The highest BCUT2D eigenvalue weighted by Crippen LogP contribution is 2.27. The van der Waals surface area contributed by atoms with Gasteiger partial charge in [-0.05, 0) is 62.9 Å². The number of carbonyl (C=O) groups excluding carboxylic acids is 2. The predicted octanol–water partition coefficient (Wildman–Crippen LogP) is 5.71. The maximum Gasteiger partial charge on any atom is 0.242 e. The van der Waals surface area contributed by atoms with Gasteiger partial charge in [0.05, 0.1) is 11.9 Å². The van der Waals surface area contributed by atoms with Crippen LogP contribution in [0, 0.1) is 6.92 Å². The number of hydrogen-bond acceptors (Lipinski definition) is 4. The molecule has 38 heavy (non-hydrogen) atoms. The highest BCUT2D eigenvalue weighted by molar-refractivity contribution is 7.92. The monoisotopic (exact) mass is 581 g/mol. The predicted molar refractivity (Wildman–Crippen MR) is 154 cm³/mol. The van der Waals surface area contributed by atoms with E-state index < -0.39 is 16.1 Å². The Balaban J connectivity index is 1.76. The Kier molecular flexibility index (Phi) is 10.9. The number of amides is 2. The van der Waals surface area contributed by atoms with Gasteiger partial charge in [0.2, 0.25) is 21.8 Å². The number of nitrogens with one attached hydrogen (secondary N) is 1. The summed E-state index contributed by atoms with van der Waals surface area (Å²) in [6.45, 7) is 3.81. The molecule has 10 heteroatoms. The number of sulfonamides is 1. The summed E-state index contributed by atoms with van der Waals surface area (Å²) in [6, 6.07) is 11.7. The van der Waals surface area contributed by atoms with Gasteiger partial charge in [0, 0.05) is 41.2 Å². The first kappa shape index (κ1) is 30.3. The van der Waals surface area contributed by atoms with Crippen molar-refractivity contribution in [3.63, 3.8) is 0 Å². The van der Waals surface area contributed by atoms with Gasteiger partial charge in [-0.1, -0.05) is 60.7 Å². The number of anilines is 1. The average molecular weight is 583 g/mol. The van der Waals surface area contributed by atoms with E-state index in [4.69, 9.17) is 23.2 Å². The summed E-state index contributed by atoms with van der Waals surface area (Å²) in [5.41, 5.74) is 2.06. The Hall–Kier alpha value is -2.29. The van der Waals surface area contributed by atoms with Crippen molar-refractivity contribution in [3.8, 4) is 0 Å². The van der Waals surface area contributed by atoms with Crippen molar-refractivity contribution in [2.75, 3.05) is 17.1 Å². The van der Waals surface area contributed by atoms with Crippen LogP contribution in [0.1, 0.15) is 63.0 Å². The van der Waals surface area contributed by atoms with Crippen LogP contribution in [0.15, 0.2) is 42.5 Å². The molecule has 3 rings (SSSR count). The molecule has 208 valence electrons. The van der Waals surface area contributed by atoms with E-state index in [1.54, 1.807) is 43.3 Å². The van der Waals surface area contributed by atoms with Crippen LogP contribution in [0.25, 0.3) is 0 Å². The highest BCUT2D eigenvalue weighted by Gasteiger charge is 2.29. The topological polar surface area (TPSA) is 86.8 Å². The summed E-state index contributed by atoms with van der Waals surface area (Å²) in [6.07, 6.45) is 6.69. The van der Waals surface area contributed by atoms with Crippen LogP contribution in [0.5, 0.6) is 0 Å². The minimum atomic E-state index is -3.55. The molecule has 0 unspecified atom stereocenters. The third kappa shape index (κ3) is 8.35. The van der Waals surface area contributed by atoms with Crippen LogP contribution in [0.4, 0.5) is 5.69 Å². The standard InChI is InChI=1S/C28H37Cl2N3O4S/c1-20-10-7-13-23(18-20)33(38(3,36)37)17-9-16-27(34)32(19-24-25(29)14-8-15-26(24)30)21(2)28(35)31-22-11-5-4-6-12-22/h7-8,10,13-15,18,21-22H,4-6,9,11-12,16-17,19H2,1-3H3,(H,31,35)/t21-/m0/s1. The molecule has 0 radical (unpaired) electrons. The SMILES string of the molecule is Cc1cccc(N(CCCC(=O)N(Cc2c(Cl)cccc2Cl)[C@@H](C)C(=O)NC2CCCCC2)S(C)(=O)=O)c1. The van der Waals surface area contributed by atoms with Crippen LogP contribution < -0.4 is 9.62 Å². The molecule has 0 bridgehead atoms. The molecule has 1 saturated carbocycles. The second kappa shape index (κ2) is 13.7. The second-order valence-corrected chi connectivity index (χ2v) is 12.7. The molecule has 1 atom stereocenters. The molecule has 1 fully saturated rings. The van der Waals surface area contributed by atoms with Crippen LogP contribution in [0.3, 0.4) is 0 Å². The van der Waals surface area contributed by atoms with Gasteiger partial charge in [-0.3, -0.25) is 13.9 Å². The fourth-order valence-corrected chi connectivity index (χ4v) is 6.27. The second-order valence-electron chi connectivity index (χ2n) is 10.0. The summed E-state index contributed by atoms with van der Waals surface area (Å²) in [5.74, 6) is -0.490. The van der Waals surface area contributed by atoms with Crippen molar-refractivity contribution >= 4 is 50.7 Å². The third-order valence-electron chi connectivity index (χ3n) is 6.95. The van der Waals surface area contributed by atoms with Gasteiger partial charge in [-0.15, -0.1) is 0 Å². The van der Waals surface area contributed by atoms with E-state index in [0.717, 1.165) is 37.5 Å². The summed E-state index contributed by atoms with van der Waals surface area (Å²) in [4.78, 5) is 28.2. The Morgan fingerprint density at radius 3 is 2.29 bits per heavy atom. The van der Waals surface area contributed by atoms with Gasteiger partial charge >= 0.3 is 0 Å². The van der Waals surface area contributed by atoms with E-state index in [2.05, 4.69) is 5.32 Å². The Morgan fingerprint density at radius 1 is 1.05 bits per heavy atom. The van der Waals surface area contributed by atoms with Crippen molar-refractivity contribution in [2.45, 2.75) is 77.4 Å². The lowest BCUT2D eigenvalue weighted by molar-refractivity contribution is -0.141. The van der Waals surface area contributed by atoms with E-state index in [-0.39, 0.29) is 43.8 Å². The molecule has 2 amide bonds. The van der Waals surface area contributed by atoms with E-state index in [9.17, 15) is 18.0 Å². The normalized spacial score (nSPS) is 15.1. The average Bonchev–Trinajstić information content (AvgIpc) is 2.86. The molecule has 0 aromatic heterocycles. The van der Waals surface area contributed by atoms with Crippen molar-refractivity contribution in [1.82, 2.24) is 10.2 Å². The molecule has 1 N–H and O–H groups in total. The van der Waals surface area contributed by atoms with Crippen molar-refractivity contribution in [2.24, 2.45) is 0 Å².